The second-order valence-corrected chi connectivity index (χ2v) is 6.88. The normalized spacial score (nSPS) is 10.8. The molecule has 7 nitrogen and oxygen atoms in total. The van der Waals surface area contributed by atoms with E-state index in [0.717, 1.165) is 22.3 Å². The summed E-state index contributed by atoms with van der Waals surface area (Å²) >= 11 is 0. The Morgan fingerprint density at radius 1 is 1.07 bits per heavy atom. The molecule has 0 fully saturated rings. The lowest BCUT2D eigenvalue weighted by molar-refractivity contribution is -0.136. The summed E-state index contributed by atoms with van der Waals surface area (Å²) < 4.78 is 0. The molecular weight excluding hydrogens is 380 g/mol. The predicted molar refractivity (Wildman–Crippen MR) is 115 cm³/mol. The van der Waals surface area contributed by atoms with E-state index in [2.05, 4.69) is 15.3 Å². The van der Waals surface area contributed by atoms with Crippen molar-refractivity contribution >= 4 is 28.6 Å². The van der Waals surface area contributed by atoms with Crippen molar-refractivity contribution in [3.8, 4) is 11.3 Å². The molecule has 0 aliphatic rings. The zero-order valence-electron chi connectivity index (χ0n) is 16.1. The van der Waals surface area contributed by atoms with E-state index in [0.29, 0.717) is 28.9 Å². The molecule has 4 aromatic rings. The van der Waals surface area contributed by atoms with Crippen molar-refractivity contribution in [3.05, 3.63) is 83.6 Å². The number of nitrogens with zero attached hydrogens (tertiary/aromatic N) is 1. The molecule has 0 saturated carbocycles. The van der Waals surface area contributed by atoms with Gasteiger partial charge in [-0.3, -0.25) is 9.59 Å². The largest absolute Gasteiger partial charge is 0.481 e. The van der Waals surface area contributed by atoms with Gasteiger partial charge >= 0.3 is 5.97 Å². The Hall–Kier alpha value is -3.97. The highest BCUT2D eigenvalue weighted by Gasteiger charge is 2.16. The van der Waals surface area contributed by atoms with Crippen molar-refractivity contribution in [2.75, 3.05) is 5.32 Å². The number of rotatable bonds is 6. The van der Waals surface area contributed by atoms with Crippen LogP contribution in [0.1, 0.15) is 21.5 Å². The molecule has 0 bridgehead atoms. The maximum atomic E-state index is 12.9. The van der Waals surface area contributed by atoms with Crippen LogP contribution in [0.3, 0.4) is 0 Å². The van der Waals surface area contributed by atoms with Crippen LogP contribution in [0.25, 0.3) is 22.3 Å². The second-order valence-electron chi connectivity index (χ2n) is 6.88. The highest BCUT2D eigenvalue weighted by Crippen LogP contribution is 2.25. The van der Waals surface area contributed by atoms with Crippen molar-refractivity contribution in [1.82, 2.24) is 9.97 Å². The summed E-state index contributed by atoms with van der Waals surface area (Å²) in [4.78, 5) is 31.8. The van der Waals surface area contributed by atoms with Crippen molar-refractivity contribution in [2.45, 2.75) is 13.0 Å². The summed E-state index contributed by atoms with van der Waals surface area (Å²) in [6.07, 6.45) is 1.43. The van der Waals surface area contributed by atoms with E-state index in [-0.39, 0.29) is 12.3 Å². The van der Waals surface area contributed by atoms with Gasteiger partial charge in [-0.05, 0) is 35.4 Å². The second kappa shape index (κ2) is 8.18. The van der Waals surface area contributed by atoms with E-state index in [4.69, 9.17) is 10.8 Å². The number of benzene rings is 2. The first-order chi connectivity index (χ1) is 14.5. The van der Waals surface area contributed by atoms with Crippen LogP contribution in [0.5, 0.6) is 0 Å². The highest BCUT2D eigenvalue weighted by molar-refractivity contribution is 6.12. The minimum Gasteiger partial charge on any atom is -0.481 e. The number of nitrogens with one attached hydrogen (secondary N) is 2. The van der Waals surface area contributed by atoms with Gasteiger partial charge in [-0.15, -0.1) is 0 Å². The summed E-state index contributed by atoms with van der Waals surface area (Å²) in [6.45, 7) is 0.434. The zero-order valence-corrected chi connectivity index (χ0v) is 16.1. The van der Waals surface area contributed by atoms with Gasteiger partial charge in [-0.1, -0.05) is 36.4 Å². The van der Waals surface area contributed by atoms with Crippen LogP contribution in [0.4, 0.5) is 5.69 Å². The number of carboxylic acids is 1. The number of anilines is 1. The standard InChI is InChI=1S/C23H20N4O3/c24-12-14-4-3-6-15(10-14)19-8-9-20-22(26-19)17(13-25-20)23(30)27-18-7-2-1-5-16(18)11-21(28)29/h1-10,13,25H,11-12,24H2,(H,27,30)(H,28,29). The molecule has 30 heavy (non-hydrogen) atoms. The number of carbonyl (C=O) groups is 2. The molecule has 0 saturated heterocycles. The van der Waals surface area contributed by atoms with E-state index in [1.165, 1.54) is 0 Å². The molecule has 0 atom stereocenters. The molecule has 150 valence electrons. The van der Waals surface area contributed by atoms with Crippen LogP contribution < -0.4 is 11.1 Å². The zero-order chi connectivity index (χ0) is 21.1. The van der Waals surface area contributed by atoms with Gasteiger partial charge < -0.3 is 21.1 Å². The third-order valence-corrected chi connectivity index (χ3v) is 4.83. The first-order valence-electron chi connectivity index (χ1n) is 9.43. The minimum atomic E-state index is -0.963. The van der Waals surface area contributed by atoms with Crippen LogP contribution in [0.15, 0.2) is 66.9 Å². The molecule has 2 aromatic heterocycles. The molecule has 0 aliphatic carbocycles. The first-order valence-corrected chi connectivity index (χ1v) is 9.43. The van der Waals surface area contributed by atoms with Crippen molar-refractivity contribution in [3.63, 3.8) is 0 Å². The van der Waals surface area contributed by atoms with Gasteiger partial charge in [0.1, 0.15) is 5.52 Å². The van der Waals surface area contributed by atoms with Gasteiger partial charge in [0, 0.05) is 24.0 Å². The number of hydrogen-bond acceptors (Lipinski definition) is 4. The monoisotopic (exact) mass is 400 g/mol. The van der Waals surface area contributed by atoms with Gasteiger partial charge in [0.05, 0.1) is 23.2 Å². The quantitative estimate of drug-likeness (QED) is 0.394. The summed E-state index contributed by atoms with van der Waals surface area (Å²) in [5, 5.41) is 11.9. The fraction of sp³-hybridized carbons (Fsp3) is 0.0870. The van der Waals surface area contributed by atoms with E-state index in [1.807, 2.05) is 36.4 Å². The van der Waals surface area contributed by atoms with Gasteiger partial charge in [0.25, 0.3) is 5.91 Å². The Labute approximate surface area is 172 Å². The number of aromatic nitrogens is 2. The van der Waals surface area contributed by atoms with Crippen molar-refractivity contribution < 1.29 is 14.7 Å². The lowest BCUT2D eigenvalue weighted by atomic mass is 10.1. The van der Waals surface area contributed by atoms with E-state index in [9.17, 15) is 9.59 Å². The summed E-state index contributed by atoms with van der Waals surface area (Å²) in [6, 6.07) is 18.4. The Morgan fingerprint density at radius 2 is 1.90 bits per heavy atom. The fourth-order valence-corrected chi connectivity index (χ4v) is 3.34. The van der Waals surface area contributed by atoms with Crippen molar-refractivity contribution in [2.24, 2.45) is 5.73 Å². The predicted octanol–water partition coefficient (Wildman–Crippen LogP) is 3.57. The van der Waals surface area contributed by atoms with Crippen molar-refractivity contribution in [1.29, 1.82) is 0 Å². The lowest BCUT2D eigenvalue weighted by Gasteiger charge is -2.09. The number of carbonyl (C=O) groups excluding carboxylic acids is 1. The number of hydrogen-bond donors (Lipinski definition) is 4. The number of para-hydroxylation sites is 1. The SMILES string of the molecule is NCc1cccc(-c2ccc3[nH]cc(C(=O)Nc4ccccc4CC(=O)O)c3n2)c1. The van der Waals surface area contributed by atoms with Gasteiger partial charge in [0.15, 0.2) is 0 Å². The highest BCUT2D eigenvalue weighted by atomic mass is 16.4. The van der Waals surface area contributed by atoms with Crippen LogP contribution in [-0.2, 0) is 17.8 Å². The lowest BCUT2D eigenvalue weighted by Crippen LogP contribution is -2.14. The average molecular weight is 400 g/mol. The molecule has 0 spiro atoms. The Bertz CT molecular complexity index is 1250. The Balaban J connectivity index is 1.68. The summed E-state index contributed by atoms with van der Waals surface area (Å²) in [5.41, 5.74) is 11.0. The van der Waals surface area contributed by atoms with E-state index >= 15 is 0 Å². The van der Waals surface area contributed by atoms with Crippen LogP contribution in [0.2, 0.25) is 0 Å². The molecule has 2 heterocycles. The smallest absolute Gasteiger partial charge is 0.307 e. The molecule has 7 heteroatoms. The number of carboxylic acid groups (broad SMARTS) is 1. The molecule has 0 radical (unpaired) electrons. The molecule has 0 aliphatic heterocycles. The number of fused-ring (bicyclic) bond motifs is 1. The number of amides is 1. The molecule has 0 unspecified atom stereocenters. The third-order valence-electron chi connectivity index (χ3n) is 4.83. The van der Waals surface area contributed by atoms with Gasteiger partial charge in [-0.25, -0.2) is 4.98 Å². The number of H-pyrrole nitrogens is 1. The van der Waals surface area contributed by atoms with Gasteiger partial charge in [0.2, 0.25) is 0 Å². The number of aromatic amines is 1. The maximum Gasteiger partial charge on any atom is 0.307 e. The average Bonchev–Trinajstić information content (AvgIpc) is 3.18. The van der Waals surface area contributed by atoms with Crippen LogP contribution >= 0.6 is 0 Å². The maximum absolute atomic E-state index is 12.9. The fourth-order valence-electron chi connectivity index (χ4n) is 3.34. The number of aliphatic carboxylic acids is 1. The number of nitrogens with two attached hydrogens (primary N) is 1. The van der Waals surface area contributed by atoms with E-state index < -0.39 is 5.97 Å². The summed E-state index contributed by atoms with van der Waals surface area (Å²) in [5.74, 6) is -1.32. The first kappa shape index (κ1) is 19.4. The molecule has 2 aromatic carbocycles. The molecule has 4 rings (SSSR count). The minimum absolute atomic E-state index is 0.176. The molecule has 1 amide bonds. The molecule has 5 N–H and O–H groups in total. The van der Waals surface area contributed by atoms with Crippen LogP contribution in [-0.4, -0.2) is 27.0 Å². The van der Waals surface area contributed by atoms with E-state index in [1.54, 1.807) is 30.5 Å². The van der Waals surface area contributed by atoms with Gasteiger partial charge in [-0.2, -0.15) is 0 Å². The number of pyridine rings is 1. The Morgan fingerprint density at radius 3 is 2.70 bits per heavy atom. The topological polar surface area (TPSA) is 121 Å². The van der Waals surface area contributed by atoms with Crippen LogP contribution in [0, 0.1) is 0 Å². The summed E-state index contributed by atoms with van der Waals surface area (Å²) in [7, 11) is 0. The molecular formula is C23H20N4O3. The third kappa shape index (κ3) is 3.92. The Kier molecular flexibility index (Phi) is 5.28.